The lowest BCUT2D eigenvalue weighted by Crippen LogP contribution is -2.46. The van der Waals surface area contributed by atoms with Crippen LogP contribution in [0.15, 0.2) is 18.5 Å². The van der Waals surface area contributed by atoms with Gasteiger partial charge in [0.05, 0.1) is 22.6 Å². The maximum absolute atomic E-state index is 17.0. The van der Waals surface area contributed by atoms with Gasteiger partial charge < -0.3 is 15.0 Å². The van der Waals surface area contributed by atoms with Crippen LogP contribution in [-0.2, 0) is 11.2 Å². The number of amides is 1. The molecule has 8 heterocycles. The van der Waals surface area contributed by atoms with Crippen LogP contribution in [0, 0.1) is 5.82 Å². The van der Waals surface area contributed by atoms with E-state index >= 15 is 8.78 Å². The van der Waals surface area contributed by atoms with Crippen molar-refractivity contribution in [1.29, 1.82) is 0 Å². The van der Waals surface area contributed by atoms with Gasteiger partial charge in [0.2, 0.25) is 0 Å². The molecule has 1 amide bonds. The van der Waals surface area contributed by atoms with E-state index in [-0.39, 0.29) is 42.7 Å². The molecule has 4 aromatic rings. The standard InChI is InChI=1S/C33H36ClF3N8O2/c34-23-11-25-21(14-39-43-25)26-20(23)6-3-7-24(36)31(46)40-19-5-1-2-9-44(16-19)30-22-13-38-29(26)27(37)28(22)41-32(42-30)47-17-33-8-4-10-45(33)15-18(35)12-33/h11,13-14,18-19,24H,1-10,12,15-17H2,(H,39,43)(H,40,46)/t18-,19-,24?,33+/m1/s1. The summed E-state index contributed by atoms with van der Waals surface area (Å²) in [6.07, 6.45) is 5.53. The molecule has 0 spiro atoms. The van der Waals surface area contributed by atoms with Crippen LogP contribution in [-0.4, -0.2) is 92.7 Å². The summed E-state index contributed by atoms with van der Waals surface area (Å²) in [5.74, 6) is -0.887. The number of nitrogens with one attached hydrogen (secondary N) is 2. The fourth-order valence-corrected chi connectivity index (χ4v) is 8.40. The number of carbonyl (C=O) groups is 1. The van der Waals surface area contributed by atoms with Gasteiger partial charge in [0, 0.05) is 54.3 Å². The maximum atomic E-state index is 17.0. The third kappa shape index (κ3) is 5.44. The Morgan fingerprint density at radius 2 is 1.96 bits per heavy atom. The fraction of sp³-hybridized carbons (Fsp3) is 0.545. The molecule has 4 atom stereocenters. The lowest BCUT2D eigenvalue weighted by atomic mass is 9.94. The van der Waals surface area contributed by atoms with E-state index in [4.69, 9.17) is 21.3 Å². The Labute approximate surface area is 274 Å². The Morgan fingerprint density at radius 3 is 2.85 bits per heavy atom. The molecule has 1 unspecified atom stereocenters. The molecule has 1 aromatic carbocycles. The molecule has 0 saturated carbocycles. The van der Waals surface area contributed by atoms with Crippen molar-refractivity contribution in [2.24, 2.45) is 0 Å². The molecule has 0 radical (unpaired) electrons. The minimum Gasteiger partial charge on any atom is -0.461 e. The maximum Gasteiger partial charge on any atom is 0.319 e. The highest BCUT2D eigenvalue weighted by atomic mass is 35.5. The summed E-state index contributed by atoms with van der Waals surface area (Å²) in [6, 6.07) is 1.36. The number of pyridine rings is 1. The predicted octanol–water partition coefficient (Wildman–Crippen LogP) is 5.47. The molecule has 3 fully saturated rings. The van der Waals surface area contributed by atoms with Crippen molar-refractivity contribution in [3.05, 3.63) is 34.9 Å². The quantitative estimate of drug-likeness (QED) is 0.296. The van der Waals surface area contributed by atoms with E-state index in [0.29, 0.717) is 77.2 Å². The Balaban J connectivity index is 1.30. The van der Waals surface area contributed by atoms with Gasteiger partial charge in [0.1, 0.15) is 29.8 Å². The number of hydrogen-bond donors (Lipinski definition) is 2. The fourth-order valence-electron chi connectivity index (χ4n) is 8.10. The predicted molar refractivity (Wildman–Crippen MR) is 172 cm³/mol. The van der Waals surface area contributed by atoms with Crippen LogP contribution in [0.25, 0.3) is 33.1 Å². The van der Waals surface area contributed by atoms with Crippen LogP contribution >= 0.6 is 11.6 Å². The number of aromatic amines is 1. The van der Waals surface area contributed by atoms with E-state index in [0.717, 1.165) is 32.2 Å². The first kappa shape index (κ1) is 30.6. The lowest BCUT2D eigenvalue weighted by Gasteiger charge is -2.31. The zero-order chi connectivity index (χ0) is 32.3. The third-order valence-corrected chi connectivity index (χ3v) is 10.7. The molecule has 14 heteroatoms. The highest BCUT2D eigenvalue weighted by Crippen LogP contribution is 2.42. The Morgan fingerprint density at radius 1 is 1.06 bits per heavy atom. The Kier molecular flexibility index (Phi) is 7.86. The van der Waals surface area contributed by atoms with Crippen molar-refractivity contribution in [1.82, 2.24) is 35.4 Å². The molecule has 3 saturated heterocycles. The molecule has 9 rings (SSSR count). The van der Waals surface area contributed by atoms with Gasteiger partial charge >= 0.3 is 6.01 Å². The average molecular weight is 669 g/mol. The number of hydrogen-bond acceptors (Lipinski definition) is 8. The van der Waals surface area contributed by atoms with E-state index in [1.165, 1.54) is 0 Å². The molecule has 2 N–H and O–H groups in total. The number of anilines is 1. The van der Waals surface area contributed by atoms with Crippen LogP contribution < -0.4 is 15.0 Å². The first-order valence-electron chi connectivity index (χ1n) is 16.5. The van der Waals surface area contributed by atoms with E-state index in [1.807, 2.05) is 4.90 Å². The van der Waals surface area contributed by atoms with Gasteiger partial charge in [-0.05, 0) is 69.5 Å². The Hall–Kier alpha value is -3.71. The molecule has 5 aliphatic heterocycles. The first-order chi connectivity index (χ1) is 22.8. The third-order valence-electron chi connectivity index (χ3n) is 10.4. The number of carbonyl (C=O) groups excluding carboxylic acids is 1. The molecule has 0 aliphatic carbocycles. The summed E-state index contributed by atoms with van der Waals surface area (Å²) in [7, 11) is 0. The van der Waals surface area contributed by atoms with Gasteiger partial charge in [-0.3, -0.25) is 19.8 Å². The van der Waals surface area contributed by atoms with Crippen molar-refractivity contribution >= 4 is 45.1 Å². The number of alkyl halides is 2. The highest BCUT2D eigenvalue weighted by molar-refractivity contribution is 6.33. The van der Waals surface area contributed by atoms with Gasteiger partial charge in [-0.2, -0.15) is 15.1 Å². The molecule has 5 aliphatic rings. The van der Waals surface area contributed by atoms with E-state index in [1.54, 1.807) is 18.5 Å². The van der Waals surface area contributed by atoms with Crippen LogP contribution in [0.4, 0.5) is 19.0 Å². The normalized spacial score (nSPS) is 26.9. The second-order valence-corrected chi connectivity index (χ2v) is 13.8. The van der Waals surface area contributed by atoms with Gasteiger partial charge in [-0.25, -0.2) is 13.2 Å². The molecule has 10 nitrogen and oxygen atoms in total. The van der Waals surface area contributed by atoms with Crippen LogP contribution in [0.1, 0.15) is 56.9 Å². The lowest BCUT2D eigenvalue weighted by molar-refractivity contribution is -0.126. The second-order valence-electron chi connectivity index (χ2n) is 13.4. The van der Waals surface area contributed by atoms with Crippen molar-refractivity contribution in [2.45, 2.75) is 81.7 Å². The number of H-pyrrole nitrogens is 1. The molecular formula is C33H36ClF3N8O2. The van der Waals surface area contributed by atoms with E-state index in [2.05, 4.69) is 30.4 Å². The number of benzene rings is 1. The number of fused-ring (bicyclic) bond motifs is 8. The molecular weight excluding hydrogens is 633 g/mol. The largest absolute Gasteiger partial charge is 0.461 e. The summed E-state index contributed by atoms with van der Waals surface area (Å²) < 4.78 is 53.1. The molecule has 47 heavy (non-hydrogen) atoms. The van der Waals surface area contributed by atoms with Crippen LogP contribution in [0.2, 0.25) is 5.02 Å². The monoisotopic (exact) mass is 668 g/mol. The highest BCUT2D eigenvalue weighted by Gasteiger charge is 2.49. The van der Waals surface area contributed by atoms with E-state index in [9.17, 15) is 9.18 Å². The number of nitrogens with zero attached hydrogens (tertiary/aromatic N) is 6. The van der Waals surface area contributed by atoms with Gasteiger partial charge in [0.15, 0.2) is 12.0 Å². The van der Waals surface area contributed by atoms with Crippen molar-refractivity contribution in [3.63, 3.8) is 0 Å². The molecule has 3 aromatic heterocycles. The number of halogens is 4. The summed E-state index contributed by atoms with van der Waals surface area (Å²) >= 11 is 6.76. The number of aromatic nitrogens is 5. The smallest absolute Gasteiger partial charge is 0.319 e. The minimum atomic E-state index is -1.70. The number of rotatable bonds is 3. The summed E-state index contributed by atoms with van der Waals surface area (Å²) in [4.78, 5) is 31.2. The molecule has 248 valence electrons. The number of ether oxygens (including phenoxy) is 1. The zero-order valence-corrected chi connectivity index (χ0v) is 26.6. The molecule has 6 bridgehead atoms. The van der Waals surface area contributed by atoms with Gasteiger partial charge in [-0.15, -0.1) is 0 Å². The van der Waals surface area contributed by atoms with Gasteiger partial charge in [0.25, 0.3) is 5.91 Å². The van der Waals surface area contributed by atoms with Crippen LogP contribution in [0.3, 0.4) is 0 Å². The van der Waals surface area contributed by atoms with Crippen LogP contribution in [0.5, 0.6) is 6.01 Å². The first-order valence-corrected chi connectivity index (χ1v) is 16.9. The van der Waals surface area contributed by atoms with Crippen molar-refractivity contribution in [2.75, 3.05) is 37.7 Å². The Bertz CT molecular complexity index is 1860. The topological polar surface area (TPSA) is 112 Å². The summed E-state index contributed by atoms with van der Waals surface area (Å²) in [5, 5.41) is 11.3. The average Bonchev–Trinajstić information content (AvgIpc) is 3.69. The van der Waals surface area contributed by atoms with Crippen molar-refractivity contribution < 1.29 is 22.7 Å². The zero-order valence-electron chi connectivity index (χ0n) is 25.9. The van der Waals surface area contributed by atoms with Crippen molar-refractivity contribution in [3.8, 4) is 17.3 Å². The van der Waals surface area contributed by atoms with Gasteiger partial charge in [-0.1, -0.05) is 11.6 Å². The summed E-state index contributed by atoms with van der Waals surface area (Å²) in [5.41, 5.74) is 1.23. The summed E-state index contributed by atoms with van der Waals surface area (Å²) in [6.45, 7) is 2.30. The van der Waals surface area contributed by atoms with E-state index < -0.39 is 29.6 Å². The second kappa shape index (κ2) is 12.1. The SMILES string of the molecule is O=C1N[C@@H]2CCCCN(C2)c2nc(OC[C@@]34CCCN3C[C@H](F)C4)nc3c(F)c(ncc23)-c2c(c(Cl)cc3[nH]ncc23)CCCC1F. The minimum absolute atomic E-state index is 0.0124.